The largest absolute Gasteiger partial charge is 0.377 e. The van der Waals surface area contributed by atoms with E-state index in [1.54, 1.807) is 7.11 Å². The summed E-state index contributed by atoms with van der Waals surface area (Å²) >= 11 is 0. The van der Waals surface area contributed by atoms with Gasteiger partial charge in [-0.15, -0.1) is 24.0 Å². The molecule has 3 N–H and O–H groups in total. The first kappa shape index (κ1) is 17.4. The zero-order chi connectivity index (χ0) is 11.0. The number of unbranched alkanes of at least 4 members (excludes halogenated alkanes) is 1. The molecule has 0 amide bonds. The summed E-state index contributed by atoms with van der Waals surface area (Å²) in [5.74, 6) is 0.503. The fourth-order valence-electron chi connectivity index (χ4n) is 0.789. The van der Waals surface area contributed by atoms with Gasteiger partial charge in [-0.05, 0) is 20.3 Å². The Kier molecular flexibility index (Phi) is 10.7. The monoisotopic (exact) mass is 329 g/mol. The maximum absolute atomic E-state index is 5.66. The summed E-state index contributed by atoms with van der Waals surface area (Å²) in [6.45, 7) is 7.57. The van der Waals surface area contributed by atoms with Crippen molar-refractivity contribution >= 4 is 29.9 Å². The third kappa shape index (κ3) is 10.2. The van der Waals surface area contributed by atoms with Crippen molar-refractivity contribution in [2.24, 2.45) is 10.7 Å². The van der Waals surface area contributed by atoms with Crippen LogP contribution in [0.4, 0.5) is 0 Å². The molecule has 0 aromatic heterocycles. The predicted octanol–water partition coefficient (Wildman–Crippen LogP) is 1.73. The van der Waals surface area contributed by atoms with Crippen molar-refractivity contribution in [2.45, 2.75) is 39.2 Å². The van der Waals surface area contributed by atoms with Crippen LogP contribution in [-0.2, 0) is 4.74 Å². The van der Waals surface area contributed by atoms with Gasteiger partial charge in [-0.2, -0.15) is 0 Å². The van der Waals surface area contributed by atoms with Crippen LogP contribution in [0.3, 0.4) is 0 Å². The van der Waals surface area contributed by atoms with Crippen LogP contribution in [0.1, 0.15) is 33.6 Å². The van der Waals surface area contributed by atoms with Gasteiger partial charge in [0.15, 0.2) is 5.96 Å². The Bertz CT molecular complexity index is 184. The molecule has 92 valence electrons. The van der Waals surface area contributed by atoms with E-state index in [1.807, 2.05) is 13.8 Å². The number of halogens is 1. The molecule has 0 aliphatic carbocycles. The molecule has 0 aliphatic heterocycles. The highest BCUT2D eigenvalue weighted by molar-refractivity contribution is 14.0. The molecule has 15 heavy (non-hydrogen) atoms. The molecule has 0 saturated heterocycles. The number of rotatable bonds is 6. The van der Waals surface area contributed by atoms with Gasteiger partial charge in [0.25, 0.3) is 0 Å². The minimum atomic E-state index is -0.239. The number of methoxy groups -OCH3 is 1. The number of hydrogen-bond donors (Lipinski definition) is 2. The summed E-state index contributed by atoms with van der Waals surface area (Å²) in [5.41, 5.74) is 5.42. The Morgan fingerprint density at radius 2 is 2.07 bits per heavy atom. The quantitative estimate of drug-likeness (QED) is 0.338. The van der Waals surface area contributed by atoms with Crippen molar-refractivity contribution in [2.75, 3.05) is 20.2 Å². The van der Waals surface area contributed by atoms with Gasteiger partial charge in [0, 0.05) is 13.7 Å². The van der Waals surface area contributed by atoms with Crippen LogP contribution in [0.25, 0.3) is 0 Å². The zero-order valence-corrected chi connectivity index (χ0v) is 12.5. The smallest absolute Gasteiger partial charge is 0.188 e. The summed E-state index contributed by atoms with van der Waals surface area (Å²) < 4.78 is 5.22. The highest BCUT2D eigenvalue weighted by atomic mass is 127. The summed E-state index contributed by atoms with van der Waals surface area (Å²) in [7, 11) is 1.68. The first-order valence-electron chi connectivity index (χ1n) is 5.11. The van der Waals surface area contributed by atoms with Gasteiger partial charge in [-0.3, -0.25) is 4.99 Å². The Hall–Kier alpha value is -0.0400. The van der Waals surface area contributed by atoms with Gasteiger partial charge in [0.1, 0.15) is 0 Å². The van der Waals surface area contributed by atoms with Gasteiger partial charge < -0.3 is 15.8 Å². The Morgan fingerprint density at radius 3 is 2.53 bits per heavy atom. The molecule has 0 radical (unpaired) electrons. The summed E-state index contributed by atoms with van der Waals surface area (Å²) in [6, 6.07) is 0. The van der Waals surface area contributed by atoms with E-state index < -0.39 is 0 Å². The Labute approximate surface area is 110 Å². The summed E-state index contributed by atoms with van der Waals surface area (Å²) in [4.78, 5) is 4.20. The lowest BCUT2D eigenvalue weighted by Crippen LogP contribution is -2.35. The minimum Gasteiger partial charge on any atom is -0.377 e. The standard InChI is InChI=1S/C10H23N3O.HI/c1-5-6-7-12-9(11)13-8-10(2,3)14-4;/h5-8H2,1-4H3,(H3,11,12,13);1H. The third-order valence-corrected chi connectivity index (χ3v) is 2.02. The molecule has 0 rings (SSSR count). The number of aliphatic imine (C=N–C) groups is 1. The molecule has 0 unspecified atom stereocenters. The van der Waals surface area contributed by atoms with Crippen molar-refractivity contribution in [1.82, 2.24) is 5.32 Å². The van der Waals surface area contributed by atoms with E-state index in [4.69, 9.17) is 10.5 Å². The molecule has 0 aromatic carbocycles. The molecule has 0 aliphatic rings. The van der Waals surface area contributed by atoms with Crippen LogP contribution in [0, 0.1) is 0 Å². The van der Waals surface area contributed by atoms with Crippen molar-refractivity contribution in [1.29, 1.82) is 0 Å². The van der Waals surface area contributed by atoms with E-state index in [0.717, 1.165) is 19.4 Å². The van der Waals surface area contributed by atoms with Gasteiger partial charge in [-0.1, -0.05) is 13.3 Å². The average molecular weight is 329 g/mol. The number of hydrogen-bond acceptors (Lipinski definition) is 2. The molecule has 0 heterocycles. The number of nitrogens with two attached hydrogens (primary N) is 1. The molecule has 4 nitrogen and oxygen atoms in total. The number of ether oxygens (including phenoxy) is 1. The van der Waals surface area contributed by atoms with Crippen LogP contribution >= 0.6 is 24.0 Å². The molecule has 5 heteroatoms. The Balaban J connectivity index is 0. The van der Waals surface area contributed by atoms with Gasteiger partial charge in [0.2, 0.25) is 0 Å². The van der Waals surface area contributed by atoms with Crippen molar-refractivity contribution in [3.63, 3.8) is 0 Å². The average Bonchev–Trinajstić information content (AvgIpc) is 2.16. The van der Waals surface area contributed by atoms with Gasteiger partial charge in [0.05, 0.1) is 12.1 Å². The highest BCUT2D eigenvalue weighted by Crippen LogP contribution is 2.06. The maximum Gasteiger partial charge on any atom is 0.188 e. The van der Waals surface area contributed by atoms with Crippen LogP contribution in [0.5, 0.6) is 0 Å². The van der Waals surface area contributed by atoms with E-state index in [-0.39, 0.29) is 29.6 Å². The second kappa shape index (κ2) is 9.21. The van der Waals surface area contributed by atoms with Crippen LogP contribution < -0.4 is 11.1 Å². The van der Waals surface area contributed by atoms with Crippen LogP contribution in [-0.4, -0.2) is 31.8 Å². The van der Waals surface area contributed by atoms with Crippen molar-refractivity contribution in [3.8, 4) is 0 Å². The van der Waals surface area contributed by atoms with Crippen LogP contribution in [0.2, 0.25) is 0 Å². The number of guanidine groups is 1. The normalized spacial score (nSPS) is 12.1. The lowest BCUT2D eigenvalue weighted by Gasteiger charge is -2.20. The van der Waals surface area contributed by atoms with Crippen LogP contribution in [0.15, 0.2) is 4.99 Å². The lowest BCUT2D eigenvalue weighted by molar-refractivity contribution is 0.0311. The fraction of sp³-hybridized carbons (Fsp3) is 0.900. The maximum atomic E-state index is 5.66. The van der Waals surface area contributed by atoms with Gasteiger partial charge >= 0.3 is 0 Å². The van der Waals surface area contributed by atoms with Crippen molar-refractivity contribution in [3.05, 3.63) is 0 Å². The molecule has 0 aromatic rings. The van der Waals surface area contributed by atoms with E-state index in [0.29, 0.717) is 12.5 Å². The third-order valence-electron chi connectivity index (χ3n) is 2.02. The topological polar surface area (TPSA) is 59.6 Å². The van der Waals surface area contributed by atoms with E-state index in [1.165, 1.54) is 0 Å². The summed E-state index contributed by atoms with van der Waals surface area (Å²) in [5, 5.41) is 3.05. The molecular weight excluding hydrogens is 305 g/mol. The molecule has 0 bridgehead atoms. The molecule has 0 spiro atoms. The second-order valence-corrected chi connectivity index (χ2v) is 3.95. The first-order valence-corrected chi connectivity index (χ1v) is 5.11. The number of nitrogens with one attached hydrogen (secondary N) is 1. The lowest BCUT2D eigenvalue weighted by atomic mass is 10.1. The zero-order valence-electron chi connectivity index (χ0n) is 10.2. The second-order valence-electron chi connectivity index (χ2n) is 3.95. The molecule has 0 saturated carbocycles. The molecular formula is C10H24IN3O. The Morgan fingerprint density at radius 1 is 1.47 bits per heavy atom. The first-order chi connectivity index (χ1) is 6.52. The predicted molar refractivity (Wildman–Crippen MR) is 75.9 cm³/mol. The van der Waals surface area contributed by atoms with E-state index >= 15 is 0 Å². The van der Waals surface area contributed by atoms with E-state index in [9.17, 15) is 0 Å². The highest BCUT2D eigenvalue weighted by Gasteiger charge is 2.15. The molecule has 0 atom stereocenters. The van der Waals surface area contributed by atoms with Crippen molar-refractivity contribution < 1.29 is 4.74 Å². The minimum absolute atomic E-state index is 0. The fourth-order valence-corrected chi connectivity index (χ4v) is 0.789. The molecule has 0 fully saturated rings. The van der Waals surface area contributed by atoms with E-state index in [2.05, 4.69) is 17.2 Å². The number of nitrogens with zero attached hydrogens (tertiary/aromatic N) is 1. The van der Waals surface area contributed by atoms with Gasteiger partial charge in [-0.25, -0.2) is 0 Å². The summed E-state index contributed by atoms with van der Waals surface area (Å²) in [6.07, 6.45) is 2.27. The SMILES string of the molecule is CCCCNC(N)=NCC(C)(C)OC.I.